The van der Waals surface area contributed by atoms with E-state index in [1.807, 2.05) is 0 Å². The average molecular weight is 244 g/mol. The summed E-state index contributed by atoms with van der Waals surface area (Å²) in [6, 6.07) is 0.986. The first kappa shape index (κ1) is 10.9. The number of aliphatic imine (C=N–C) groups is 1. The topological polar surface area (TPSA) is 15.6 Å². The van der Waals surface area contributed by atoms with Crippen molar-refractivity contribution < 1.29 is 0 Å². The van der Waals surface area contributed by atoms with Gasteiger partial charge in [-0.15, -0.1) is 0 Å². The maximum Gasteiger partial charge on any atom is 0.169 e. The largest absolute Gasteiger partial charge is 0.317 e. The lowest BCUT2D eigenvalue weighted by Gasteiger charge is -2.32. The van der Waals surface area contributed by atoms with Crippen LogP contribution in [0.25, 0.3) is 0 Å². The first-order valence-corrected chi connectivity index (χ1v) is 6.88. The second-order valence-electron chi connectivity index (χ2n) is 4.67. The minimum absolute atomic E-state index is 0.445. The molecule has 88 valence electrons. The van der Waals surface area contributed by atoms with Crippen molar-refractivity contribution in [1.82, 2.24) is 4.90 Å². The Balaban J connectivity index is 2.06. The van der Waals surface area contributed by atoms with Gasteiger partial charge in [0.25, 0.3) is 0 Å². The third-order valence-electron chi connectivity index (χ3n) is 3.21. The van der Waals surface area contributed by atoms with Gasteiger partial charge in [-0.25, -0.2) is 0 Å². The molecule has 2 heterocycles. The molecule has 1 fully saturated rings. The highest BCUT2D eigenvalue weighted by Gasteiger charge is 2.36. The van der Waals surface area contributed by atoms with Crippen LogP contribution in [0.3, 0.4) is 0 Å². The van der Waals surface area contributed by atoms with Crippen molar-refractivity contribution in [2.45, 2.75) is 32.4 Å². The molecular weight excluding hydrogens is 228 g/mol. The Morgan fingerprint density at radius 2 is 1.94 bits per heavy atom. The van der Waals surface area contributed by atoms with Crippen LogP contribution in [0, 0.1) is 0 Å². The van der Waals surface area contributed by atoms with Gasteiger partial charge in [-0.3, -0.25) is 4.99 Å². The van der Waals surface area contributed by atoms with Gasteiger partial charge in [0, 0.05) is 10.9 Å². The van der Waals surface area contributed by atoms with Gasteiger partial charge in [-0.05, 0) is 44.2 Å². The van der Waals surface area contributed by atoms with Crippen LogP contribution in [0.5, 0.6) is 0 Å². The monoisotopic (exact) mass is 244 g/mol. The zero-order chi connectivity index (χ0) is 11.8. The molecule has 1 saturated heterocycles. The van der Waals surface area contributed by atoms with Crippen molar-refractivity contribution in [2.75, 3.05) is 0 Å². The zero-order valence-corrected chi connectivity index (χ0v) is 10.9. The summed E-state index contributed by atoms with van der Waals surface area (Å²) >= 11 is 1.79. The van der Waals surface area contributed by atoms with Crippen molar-refractivity contribution in [2.24, 2.45) is 4.99 Å². The smallest absolute Gasteiger partial charge is 0.169 e. The van der Waals surface area contributed by atoms with E-state index in [0.717, 1.165) is 11.6 Å². The summed E-state index contributed by atoms with van der Waals surface area (Å²) in [5.41, 5.74) is 1.30. The zero-order valence-electron chi connectivity index (χ0n) is 10.1. The minimum atomic E-state index is 0.445. The molecule has 0 aromatic carbocycles. The summed E-state index contributed by atoms with van der Waals surface area (Å²) in [7, 11) is 0. The van der Waals surface area contributed by atoms with Crippen LogP contribution in [0.1, 0.15) is 20.3 Å². The molecule has 0 N–H and O–H groups in total. The number of fused-ring (bicyclic) bond motifs is 3. The molecule has 0 saturated carbocycles. The Labute approximate surface area is 106 Å². The Morgan fingerprint density at radius 1 is 1.18 bits per heavy atom. The highest BCUT2D eigenvalue weighted by molar-refractivity contribution is 8.17. The number of allylic oxidation sites excluding steroid dienone is 6. The predicted molar refractivity (Wildman–Crippen MR) is 74.9 cm³/mol. The van der Waals surface area contributed by atoms with Gasteiger partial charge in [-0.2, -0.15) is 0 Å². The molecule has 1 aliphatic carbocycles. The minimum Gasteiger partial charge on any atom is -0.317 e. The number of amidine groups is 1. The van der Waals surface area contributed by atoms with Crippen molar-refractivity contribution in [1.29, 1.82) is 0 Å². The third kappa shape index (κ3) is 1.89. The Bertz CT molecular complexity index is 482. The van der Waals surface area contributed by atoms with Crippen LogP contribution in [0.15, 0.2) is 52.1 Å². The first-order valence-electron chi connectivity index (χ1n) is 6.06. The fraction of sp³-hybridized carbons (Fsp3) is 0.357. The molecule has 2 nitrogen and oxygen atoms in total. The van der Waals surface area contributed by atoms with E-state index in [4.69, 9.17) is 4.99 Å². The molecule has 3 aliphatic rings. The molecule has 0 radical (unpaired) electrons. The molecule has 2 unspecified atom stereocenters. The van der Waals surface area contributed by atoms with Crippen LogP contribution in [-0.2, 0) is 0 Å². The molecule has 2 atom stereocenters. The Kier molecular flexibility index (Phi) is 2.71. The van der Waals surface area contributed by atoms with E-state index in [2.05, 4.69) is 55.2 Å². The van der Waals surface area contributed by atoms with Crippen molar-refractivity contribution in [3.8, 4) is 0 Å². The Morgan fingerprint density at radius 3 is 2.76 bits per heavy atom. The number of hydrogen-bond acceptors (Lipinski definition) is 3. The summed E-state index contributed by atoms with van der Waals surface area (Å²) < 4.78 is 0. The van der Waals surface area contributed by atoms with E-state index in [1.165, 1.54) is 10.6 Å². The molecule has 0 spiro atoms. The third-order valence-corrected chi connectivity index (χ3v) is 4.26. The number of hydrogen-bond donors (Lipinski definition) is 0. The van der Waals surface area contributed by atoms with Crippen LogP contribution in [0.4, 0.5) is 0 Å². The summed E-state index contributed by atoms with van der Waals surface area (Å²) in [6.07, 6.45) is 13.8. The summed E-state index contributed by atoms with van der Waals surface area (Å²) in [4.78, 5) is 8.44. The van der Waals surface area contributed by atoms with Crippen LogP contribution >= 0.6 is 11.8 Å². The molecule has 2 aliphatic heterocycles. The lowest BCUT2D eigenvalue weighted by atomic mass is 10.1. The average Bonchev–Trinajstić information content (AvgIpc) is 2.55. The Hall–Kier alpha value is -1.22. The van der Waals surface area contributed by atoms with E-state index >= 15 is 0 Å². The highest BCUT2D eigenvalue weighted by atomic mass is 32.2. The molecule has 3 heteroatoms. The standard InChI is InChI=1S/C14H16N2S/c1-10-9-11(2)16-12-7-5-3-4-6-8-13(12)17-14(16)15-10/h3-8,10-11H,9H2,1-2H3/b4-3?,5-3-,6-4-,7-5?,8-6?,12-7+,13-8+. The number of nitrogens with zero attached hydrogens (tertiary/aromatic N) is 2. The van der Waals surface area contributed by atoms with Gasteiger partial charge >= 0.3 is 0 Å². The molecule has 0 aromatic rings. The SMILES string of the molecule is CC1CC(C)N2C(=N1)SC1=C/C=C\C=C/C=C\12. The van der Waals surface area contributed by atoms with E-state index in [9.17, 15) is 0 Å². The number of thioether (sulfide) groups is 1. The van der Waals surface area contributed by atoms with Crippen LogP contribution in [0.2, 0.25) is 0 Å². The van der Waals surface area contributed by atoms with Crippen LogP contribution < -0.4 is 0 Å². The van der Waals surface area contributed by atoms with E-state index < -0.39 is 0 Å². The number of rotatable bonds is 0. The predicted octanol–water partition coefficient (Wildman–Crippen LogP) is 3.47. The highest BCUT2D eigenvalue weighted by Crippen LogP contribution is 2.43. The van der Waals surface area contributed by atoms with Gasteiger partial charge in [0.2, 0.25) is 0 Å². The van der Waals surface area contributed by atoms with Gasteiger partial charge in [-0.1, -0.05) is 24.3 Å². The summed E-state index contributed by atoms with van der Waals surface area (Å²) in [5, 5.41) is 1.16. The fourth-order valence-corrected chi connectivity index (χ4v) is 3.70. The first-order chi connectivity index (χ1) is 8.25. The van der Waals surface area contributed by atoms with Crippen molar-refractivity contribution >= 4 is 16.9 Å². The normalized spacial score (nSPS) is 40.8. The molecule has 0 amide bonds. The van der Waals surface area contributed by atoms with Crippen LogP contribution in [-0.4, -0.2) is 22.2 Å². The van der Waals surface area contributed by atoms with E-state index in [-0.39, 0.29) is 0 Å². The summed E-state index contributed by atoms with van der Waals surface area (Å²) in [6.45, 7) is 4.48. The van der Waals surface area contributed by atoms with Gasteiger partial charge < -0.3 is 4.90 Å². The van der Waals surface area contributed by atoms with E-state index in [1.54, 1.807) is 11.8 Å². The van der Waals surface area contributed by atoms with Gasteiger partial charge in [0.15, 0.2) is 5.17 Å². The second kappa shape index (κ2) is 4.22. The van der Waals surface area contributed by atoms with E-state index in [0.29, 0.717) is 12.1 Å². The molecule has 0 bridgehead atoms. The maximum atomic E-state index is 4.76. The lowest BCUT2D eigenvalue weighted by molar-refractivity contribution is 0.350. The maximum absolute atomic E-state index is 4.76. The lowest BCUT2D eigenvalue weighted by Crippen LogP contribution is -2.38. The van der Waals surface area contributed by atoms with Crippen molar-refractivity contribution in [3.05, 3.63) is 47.1 Å². The summed E-state index contributed by atoms with van der Waals surface area (Å²) in [5.74, 6) is 0. The van der Waals surface area contributed by atoms with Crippen molar-refractivity contribution in [3.63, 3.8) is 0 Å². The molecule has 0 aromatic heterocycles. The quantitative estimate of drug-likeness (QED) is 0.648. The molecule has 17 heavy (non-hydrogen) atoms. The van der Waals surface area contributed by atoms with Gasteiger partial charge in [0.1, 0.15) is 0 Å². The molecular formula is C14H16N2S. The van der Waals surface area contributed by atoms with Gasteiger partial charge in [0.05, 0.1) is 11.7 Å². The fourth-order valence-electron chi connectivity index (χ4n) is 2.48. The second-order valence-corrected chi connectivity index (χ2v) is 5.68. The molecule has 3 rings (SSSR count).